The van der Waals surface area contributed by atoms with Crippen molar-refractivity contribution in [2.45, 2.75) is 33.8 Å². The van der Waals surface area contributed by atoms with E-state index in [1.165, 1.54) is 0 Å². The Labute approximate surface area is 107 Å². The van der Waals surface area contributed by atoms with Crippen LogP contribution in [0.1, 0.15) is 49.7 Å². The molecule has 0 fully saturated rings. The second-order valence-corrected chi connectivity index (χ2v) is 5.61. The van der Waals surface area contributed by atoms with Crippen LogP contribution >= 0.6 is 0 Å². The molecule has 0 saturated carbocycles. The Hall–Kier alpha value is -1.64. The number of rotatable bonds is 3. The van der Waals surface area contributed by atoms with E-state index in [4.69, 9.17) is 4.74 Å². The third-order valence-corrected chi connectivity index (χ3v) is 3.50. The summed E-state index contributed by atoms with van der Waals surface area (Å²) in [6, 6.07) is 7.28. The zero-order valence-electron chi connectivity index (χ0n) is 11.2. The minimum absolute atomic E-state index is 0.0773. The fourth-order valence-electron chi connectivity index (χ4n) is 2.55. The summed E-state index contributed by atoms with van der Waals surface area (Å²) in [6.45, 7) is 7.42. The number of fused-ring (bicyclic) bond motifs is 1. The number of hydrogen-bond donors (Lipinski definition) is 0. The molecule has 0 bridgehead atoms. The number of Topliss-reactive ketones (excluding diaryl/α,β-unsaturated/α-hetero) is 1. The highest BCUT2D eigenvalue weighted by molar-refractivity contribution is 5.96. The van der Waals surface area contributed by atoms with Gasteiger partial charge in [0.15, 0.2) is 0 Å². The van der Waals surface area contributed by atoms with Gasteiger partial charge in [-0.3, -0.25) is 4.79 Å². The number of ether oxygens (including phenoxy) is 1. The lowest BCUT2D eigenvalue weighted by molar-refractivity contribution is -0.136. The van der Waals surface area contributed by atoms with Gasteiger partial charge in [-0.15, -0.1) is 0 Å². The molecule has 0 N–H and O–H groups in total. The van der Waals surface area contributed by atoms with Gasteiger partial charge in [0.2, 0.25) is 0 Å². The Morgan fingerprint density at radius 3 is 2.50 bits per heavy atom. The third-order valence-electron chi connectivity index (χ3n) is 3.50. The molecule has 0 saturated heterocycles. The van der Waals surface area contributed by atoms with E-state index in [0.717, 1.165) is 5.56 Å². The SMILES string of the molecule is CC(C)C(=O)C(C)(C)C1OC(=O)c2ccccc21. The maximum absolute atomic E-state index is 12.3. The van der Waals surface area contributed by atoms with Crippen LogP contribution in [0.5, 0.6) is 0 Å². The van der Waals surface area contributed by atoms with Crippen molar-refractivity contribution in [2.75, 3.05) is 0 Å². The van der Waals surface area contributed by atoms with Crippen LogP contribution in [0.3, 0.4) is 0 Å². The van der Waals surface area contributed by atoms with Gasteiger partial charge in [-0.05, 0) is 19.9 Å². The zero-order chi connectivity index (χ0) is 13.5. The molecule has 1 heterocycles. The van der Waals surface area contributed by atoms with Crippen molar-refractivity contribution in [3.05, 3.63) is 35.4 Å². The standard InChI is InChI=1S/C15H18O3/c1-9(2)12(16)15(3,4)13-10-7-5-6-8-11(10)14(17)18-13/h5-9,13H,1-4H3. The molecule has 2 rings (SSSR count). The molecule has 1 aliphatic rings. The van der Waals surface area contributed by atoms with E-state index in [-0.39, 0.29) is 17.7 Å². The first kappa shape index (κ1) is 12.8. The maximum atomic E-state index is 12.3. The number of cyclic esters (lactones) is 1. The van der Waals surface area contributed by atoms with Crippen molar-refractivity contribution in [1.29, 1.82) is 0 Å². The predicted octanol–water partition coefficient (Wildman–Crippen LogP) is 3.15. The monoisotopic (exact) mass is 246 g/mol. The summed E-state index contributed by atoms with van der Waals surface area (Å²) in [4.78, 5) is 24.1. The molecule has 0 radical (unpaired) electrons. The van der Waals surface area contributed by atoms with Gasteiger partial charge in [0.25, 0.3) is 0 Å². The lowest BCUT2D eigenvalue weighted by Crippen LogP contribution is -2.34. The number of ketones is 1. The van der Waals surface area contributed by atoms with Crippen LogP contribution in [-0.2, 0) is 9.53 Å². The van der Waals surface area contributed by atoms with E-state index in [1.807, 2.05) is 39.8 Å². The molecule has 0 aliphatic carbocycles. The Kier molecular flexibility index (Phi) is 3.01. The minimum Gasteiger partial charge on any atom is -0.453 e. The third kappa shape index (κ3) is 1.84. The molecule has 0 amide bonds. The number of carbonyl (C=O) groups excluding carboxylic acids is 2. The molecule has 0 spiro atoms. The predicted molar refractivity (Wildman–Crippen MR) is 68.2 cm³/mol. The molecule has 1 unspecified atom stereocenters. The molecule has 3 nitrogen and oxygen atoms in total. The summed E-state index contributed by atoms with van der Waals surface area (Å²) in [5.41, 5.74) is 0.699. The van der Waals surface area contributed by atoms with Crippen molar-refractivity contribution in [1.82, 2.24) is 0 Å². The minimum atomic E-state index is -0.698. The molecular weight excluding hydrogens is 228 g/mol. The molecule has 1 aromatic rings. The van der Waals surface area contributed by atoms with Crippen molar-refractivity contribution in [3.8, 4) is 0 Å². The van der Waals surface area contributed by atoms with Crippen molar-refractivity contribution in [2.24, 2.45) is 11.3 Å². The first-order valence-electron chi connectivity index (χ1n) is 6.20. The summed E-state index contributed by atoms with van der Waals surface area (Å²) >= 11 is 0. The van der Waals surface area contributed by atoms with Gasteiger partial charge in [-0.2, -0.15) is 0 Å². The summed E-state index contributed by atoms with van der Waals surface area (Å²) in [7, 11) is 0. The summed E-state index contributed by atoms with van der Waals surface area (Å²) < 4.78 is 5.41. The van der Waals surface area contributed by atoms with Crippen LogP contribution < -0.4 is 0 Å². The Balaban J connectivity index is 2.43. The van der Waals surface area contributed by atoms with E-state index in [2.05, 4.69) is 0 Å². The molecule has 18 heavy (non-hydrogen) atoms. The van der Waals surface area contributed by atoms with Gasteiger partial charge in [0.05, 0.1) is 11.0 Å². The smallest absolute Gasteiger partial charge is 0.339 e. The van der Waals surface area contributed by atoms with Crippen molar-refractivity contribution < 1.29 is 14.3 Å². The van der Waals surface area contributed by atoms with E-state index in [0.29, 0.717) is 5.56 Å². The highest BCUT2D eigenvalue weighted by Gasteiger charge is 2.46. The molecular formula is C15H18O3. The number of benzene rings is 1. The van der Waals surface area contributed by atoms with E-state index in [9.17, 15) is 9.59 Å². The molecule has 1 aliphatic heterocycles. The van der Waals surface area contributed by atoms with Gasteiger partial charge in [0.1, 0.15) is 11.9 Å². The van der Waals surface area contributed by atoms with Crippen LogP contribution in [0.25, 0.3) is 0 Å². The normalized spacial score (nSPS) is 18.7. The van der Waals surface area contributed by atoms with Gasteiger partial charge < -0.3 is 4.74 Å². The quantitative estimate of drug-likeness (QED) is 0.769. The van der Waals surface area contributed by atoms with Crippen molar-refractivity contribution in [3.63, 3.8) is 0 Å². The second kappa shape index (κ2) is 4.23. The highest BCUT2D eigenvalue weighted by atomic mass is 16.5. The Morgan fingerprint density at radius 1 is 1.28 bits per heavy atom. The highest BCUT2D eigenvalue weighted by Crippen LogP contribution is 2.44. The number of esters is 1. The van der Waals surface area contributed by atoms with Gasteiger partial charge in [-0.25, -0.2) is 4.79 Å². The largest absolute Gasteiger partial charge is 0.453 e. The van der Waals surface area contributed by atoms with E-state index in [1.54, 1.807) is 12.1 Å². The summed E-state index contributed by atoms with van der Waals surface area (Å²) in [5, 5.41) is 0. The molecule has 1 atom stereocenters. The number of carbonyl (C=O) groups is 2. The van der Waals surface area contributed by atoms with Crippen LogP contribution in [0, 0.1) is 11.3 Å². The first-order valence-corrected chi connectivity index (χ1v) is 6.20. The lowest BCUT2D eigenvalue weighted by atomic mass is 9.75. The van der Waals surface area contributed by atoms with Crippen LogP contribution in [0.4, 0.5) is 0 Å². The summed E-state index contributed by atoms with van der Waals surface area (Å²) in [5.74, 6) is -0.302. The average Bonchev–Trinajstić information content (AvgIpc) is 2.67. The fraction of sp³-hybridized carbons (Fsp3) is 0.467. The van der Waals surface area contributed by atoms with Gasteiger partial charge in [-0.1, -0.05) is 32.0 Å². The van der Waals surface area contributed by atoms with Crippen LogP contribution in [-0.4, -0.2) is 11.8 Å². The van der Waals surface area contributed by atoms with Crippen LogP contribution in [0.15, 0.2) is 24.3 Å². The number of hydrogen-bond acceptors (Lipinski definition) is 3. The Bertz CT molecular complexity index is 500. The Morgan fingerprint density at radius 2 is 1.89 bits per heavy atom. The molecule has 96 valence electrons. The second-order valence-electron chi connectivity index (χ2n) is 5.61. The van der Waals surface area contributed by atoms with Crippen molar-refractivity contribution >= 4 is 11.8 Å². The first-order chi connectivity index (χ1) is 8.35. The van der Waals surface area contributed by atoms with E-state index >= 15 is 0 Å². The molecule has 3 heteroatoms. The maximum Gasteiger partial charge on any atom is 0.339 e. The average molecular weight is 246 g/mol. The van der Waals surface area contributed by atoms with E-state index < -0.39 is 11.5 Å². The van der Waals surface area contributed by atoms with Gasteiger partial charge >= 0.3 is 5.97 Å². The zero-order valence-corrected chi connectivity index (χ0v) is 11.2. The topological polar surface area (TPSA) is 43.4 Å². The molecule has 1 aromatic carbocycles. The lowest BCUT2D eigenvalue weighted by Gasteiger charge is -2.30. The molecule has 0 aromatic heterocycles. The summed E-state index contributed by atoms with van der Waals surface area (Å²) in [6.07, 6.45) is -0.476. The van der Waals surface area contributed by atoms with Crippen LogP contribution in [0.2, 0.25) is 0 Å². The van der Waals surface area contributed by atoms with Gasteiger partial charge in [0, 0.05) is 11.5 Å². The fourth-order valence-corrected chi connectivity index (χ4v) is 2.55.